The average molecular weight is 243 g/mol. The van der Waals surface area contributed by atoms with Gasteiger partial charge >= 0.3 is 0 Å². The van der Waals surface area contributed by atoms with Crippen molar-refractivity contribution in [2.45, 2.75) is 58.1 Å². The van der Waals surface area contributed by atoms with E-state index in [1.807, 2.05) is 0 Å². The van der Waals surface area contributed by atoms with E-state index in [9.17, 15) is 9.90 Å². The largest absolute Gasteiger partial charge is 0.393 e. The number of rotatable bonds is 5. The summed E-state index contributed by atoms with van der Waals surface area (Å²) in [6.07, 6.45) is 4.20. The Morgan fingerprint density at radius 1 is 1.35 bits per heavy atom. The van der Waals surface area contributed by atoms with Crippen molar-refractivity contribution in [2.75, 3.05) is 6.61 Å². The quantitative estimate of drug-likeness (QED) is 0.676. The Bertz CT molecular complexity index is 237. The first-order chi connectivity index (χ1) is 8.08. The average Bonchev–Trinajstić information content (AvgIpc) is 2.37. The monoisotopic (exact) mass is 243 g/mol. The third kappa shape index (κ3) is 4.28. The predicted molar refractivity (Wildman–Crippen MR) is 66.4 cm³/mol. The molecule has 0 spiro atoms. The first-order valence-corrected chi connectivity index (χ1v) is 6.67. The van der Waals surface area contributed by atoms with Crippen molar-refractivity contribution >= 4 is 5.91 Å². The van der Waals surface area contributed by atoms with Crippen LogP contribution in [0.15, 0.2) is 0 Å². The minimum absolute atomic E-state index is 0.170. The molecule has 0 aromatic rings. The zero-order valence-corrected chi connectivity index (χ0v) is 10.9. The minimum atomic E-state index is -1.28. The molecule has 2 unspecified atom stereocenters. The first-order valence-electron chi connectivity index (χ1n) is 6.67. The van der Waals surface area contributed by atoms with Gasteiger partial charge in [0.15, 0.2) is 6.10 Å². The summed E-state index contributed by atoms with van der Waals surface area (Å²) in [6, 6.07) is 0.170. The van der Waals surface area contributed by atoms with Gasteiger partial charge in [-0.05, 0) is 37.5 Å². The van der Waals surface area contributed by atoms with Crippen molar-refractivity contribution < 1.29 is 15.0 Å². The van der Waals surface area contributed by atoms with Gasteiger partial charge in [-0.15, -0.1) is 0 Å². The molecule has 1 aliphatic carbocycles. The van der Waals surface area contributed by atoms with Crippen LogP contribution in [-0.4, -0.2) is 34.9 Å². The molecule has 1 aliphatic rings. The highest BCUT2D eigenvalue weighted by atomic mass is 16.3. The Morgan fingerprint density at radius 2 is 1.94 bits per heavy atom. The number of amides is 1. The van der Waals surface area contributed by atoms with Crippen molar-refractivity contribution in [3.63, 3.8) is 0 Å². The maximum absolute atomic E-state index is 11.4. The van der Waals surface area contributed by atoms with Gasteiger partial charge in [0.25, 0.3) is 5.91 Å². The maximum atomic E-state index is 11.4. The van der Waals surface area contributed by atoms with E-state index in [0.29, 0.717) is 0 Å². The van der Waals surface area contributed by atoms with Crippen molar-refractivity contribution in [1.29, 1.82) is 0 Å². The Balaban J connectivity index is 2.30. The van der Waals surface area contributed by atoms with E-state index in [1.165, 1.54) is 6.42 Å². The molecular weight excluding hydrogens is 218 g/mol. The van der Waals surface area contributed by atoms with Crippen LogP contribution in [0.1, 0.15) is 46.0 Å². The smallest absolute Gasteiger partial charge is 0.251 e. The SMILES string of the molecule is CCC(C)C1CCC(NC(=O)C(O)CO)CC1. The van der Waals surface area contributed by atoms with Gasteiger partial charge < -0.3 is 15.5 Å². The number of carbonyl (C=O) groups excluding carboxylic acids is 1. The van der Waals surface area contributed by atoms with Gasteiger partial charge in [0, 0.05) is 6.04 Å². The topological polar surface area (TPSA) is 69.6 Å². The molecule has 0 aliphatic heterocycles. The van der Waals surface area contributed by atoms with Crippen LogP contribution >= 0.6 is 0 Å². The van der Waals surface area contributed by atoms with Crippen LogP contribution in [0.2, 0.25) is 0 Å². The first kappa shape index (κ1) is 14.5. The summed E-state index contributed by atoms with van der Waals surface area (Å²) in [5.41, 5.74) is 0. The summed E-state index contributed by atoms with van der Waals surface area (Å²) in [6.45, 7) is 4.00. The highest BCUT2D eigenvalue weighted by molar-refractivity contribution is 5.80. The second kappa shape index (κ2) is 6.97. The van der Waals surface area contributed by atoms with E-state index in [1.54, 1.807) is 0 Å². The standard InChI is InChI=1S/C13H25NO3/c1-3-9(2)10-4-6-11(7-5-10)14-13(17)12(16)8-15/h9-12,15-16H,3-8H2,1-2H3,(H,14,17). The third-order valence-electron chi connectivity index (χ3n) is 4.04. The summed E-state index contributed by atoms with van der Waals surface area (Å²) in [5, 5.41) is 20.6. The van der Waals surface area contributed by atoms with Gasteiger partial charge in [-0.25, -0.2) is 0 Å². The van der Waals surface area contributed by atoms with Crippen LogP contribution in [-0.2, 0) is 4.79 Å². The second-order valence-electron chi connectivity index (χ2n) is 5.20. The molecule has 0 heterocycles. The van der Waals surface area contributed by atoms with Crippen molar-refractivity contribution in [3.05, 3.63) is 0 Å². The normalized spacial score (nSPS) is 28.5. The molecule has 4 heteroatoms. The van der Waals surface area contributed by atoms with Gasteiger partial charge in [0.1, 0.15) is 0 Å². The van der Waals surface area contributed by atoms with Gasteiger partial charge in [0.2, 0.25) is 0 Å². The molecule has 0 saturated heterocycles. The lowest BCUT2D eigenvalue weighted by Crippen LogP contribution is -2.44. The lowest BCUT2D eigenvalue weighted by Gasteiger charge is -2.32. The van der Waals surface area contributed by atoms with Crippen molar-refractivity contribution in [3.8, 4) is 0 Å². The number of hydrogen-bond donors (Lipinski definition) is 3. The summed E-state index contributed by atoms with van der Waals surface area (Å²) >= 11 is 0. The molecule has 4 nitrogen and oxygen atoms in total. The second-order valence-corrected chi connectivity index (χ2v) is 5.20. The molecule has 17 heavy (non-hydrogen) atoms. The summed E-state index contributed by atoms with van der Waals surface area (Å²) in [7, 11) is 0. The Labute approximate surface area is 103 Å². The zero-order chi connectivity index (χ0) is 12.8. The van der Waals surface area contributed by atoms with Crippen molar-refractivity contribution in [1.82, 2.24) is 5.32 Å². The third-order valence-corrected chi connectivity index (χ3v) is 4.04. The summed E-state index contributed by atoms with van der Waals surface area (Å²) in [4.78, 5) is 11.4. The van der Waals surface area contributed by atoms with Gasteiger partial charge in [-0.1, -0.05) is 20.3 Å². The molecule has 0 radical (unpaired) electrons. The summed E-state index contributed by atoms with van der Waals surface area (Å²) in [5.74, 6) is 1.09. The molecule has 0 aromatic heterocycles. The molecule has 1 saturated carbocycles. The van der Waals surface area contributed by atoms with E-state index < -0.39 is 18.6 Å². The van der Waals surface area contributed by atoms with Crippen LogP contribution in [0, 0.1) is 11.8 Å². The molecule has 1 amide bonds. The van der Waals surface area contributed by atoms with E-state index in [4.69, 9.17) is 5.11 Å². The van der Waals surface area contributed by atoms with E-state index in [2.05, 4.69) is 19.2 Å². The van der Waals surface area contributed by atoms with Crippen LogP contribution in [0.4, 0.5) is 0 Å². The number of aliphatic hydroxyl groups is 2. The molecule has 3 N–H and O–H groups in total. The van der Waals surface area contributed by atoms with Crippen LogP contribution in [0.5, 0.6) is 0 Å². The number of hydrogen-bond acceptors (Lipinski definition) is 3. The predicted octanol–water partition coefficient (Wildman–Crippen LogP) is 1.06. The highest BCUT2D eigenvalue weighted by Crippen LogP contribution is 2.31. The molecule has 2 atom stereocenters. The van der Waals surface area contributed by atoms with Gasteiger partial charge in [-0.3, -0.25) is 4.79 Å². The fourth-order valence-electron chi connectivity index (χ4n) is 2.55. The Hall–Kier alpha value is -0.610. The van der Waals surface area contributed by atoms with Crippen LogP contribution in [0.25, 0.3) is 0 Å². The molecule has 1 fully saturated rings. The lowest BCUT2D eigenvalue weighted by molar-refractivity contribution is -0.132. The van der Waals surface area contributed by atoms with Crippen molar-refractivity contribution in [2.24, 2.45) is 11.8 Å². The molecule has 0 bridgehead atoms. The fraction of sp³-hybridized carbons (Fsp3) is 0.923. The highest BCUT2D eigenvalue weighted by Gasteiger charge is 2.26. The minimum Gasteiger partial charge on any atom is -0.393 e. The van der Waals surface area contributed by atoms with Crippen LogP contribution < -0.4 is 5.32 Å². The van der Waals surface area contributed by atoms with Gasteiger partial charge in [-0.2, -0.15) is 0 Å². The number of nitrogens with one attached hydrogen (secondary N) is 1. The number of carbonyl (C=O) groups is 1. The Morgan fingerprint density at radius 3 is 2.41 bits per heavy atom. The van der Waals surface area contributed by atoms with E-state index in [-0.39, 0.29) is 6.04 Å². The molecule has 1 rings (SSSR count). The molecule has 100 valence electrons. The Kier molecular flexibility index (Phi) is 5.92. The van der Waals surface area contributed by atoms with E-state index in [0.717, 1.165) is 37.5 Å². The van der Waals surface area contributed by atoms with E-state index >= 15 is 0 Å². The van der Waals surface area contributed by atoms with Gasteiger partial charge in [0.05, 0.1) is 6.61 Å². The zero-order valence-electron chi connectivity index (χ0n) is 10.9. The number of aliphatic hydroxyl groups excluding tert-OH is 2. The maximum Gasteiger partial charge on any atom is 0.251 e. The molecular formula is C13H25NO3. The fourth-order valence-corrected chi connectivity index (χ4v) is 2.55. The summed E-state index contributed by atoms with van der Waals surface area (Å²) < 4.78 is 0. The molecule has 0 aromatic carbocycles. The van der Waals surface area contributed by atoms with Crippen LogP contribution in [0.3, 0.4) is 0 Å². The lowest BCUT2D eigenvalue weighted by atomic mass is 9.78.